The van der Waals surface area contributed by atoms with Crippen molar-refractivity contribution >= 4 is 0 Å². The van der Waals surface area contributed by atoms with E-state index < -0.39 is 0 Å². The van der Waals surface area contributed by atoms with E-state index in [-0.39, 0.29) is 0 Å². The van der Waals surface area contributed by atoms with Gasteiger partial charge in [-0.1, -0.05) is 13.8 Å². The summed E-state index contributed by atoms with van der Waals surface area (Å²) in [5.74, 6) is 1.63. The lowest BCUT2D eigenvalue weighted by Gasteiger charge is -2.09. The molecule has 0 spiro atoms. The van der Waals surface area contributed by atoms with Gasteiger partial charge in [-0.3, -0.25) is 4.68 Å². The highest BCUT2D eigenvalue weighted by molar-refractivity contribution is 5.00. The molecule has 0 aliphatic carbocycles. The molecule has 2 rings (SSSR count). The molecule has 19 heavy (non-hydrogen) atoms. The van der Waals surface area contributed by atoms with Gasteiger partial charge in [-0.2, -0.15) is 10.2 Å². The maximum absolute atomic E-state index is 4.30. The predicted molar refractivity (Wildman–Crippen MR) is 73.5 cm³/mol. The van der Waals surface area contributed by atoms with E-state index in [1.807, 2.05) is 28.7 Å². The van der Waals surface area contributed by atoms with Crippen LogP contribution in [0.15, 0.2) is 18.6 Å². The first-order valence-corrected chi connectivity index (χ1v) is 6.71. The van der Waals surface area contributed by atoms with Crippen molar-refractivity contribution in [1.82, 2.24) is 29.9 Å². The maximum atomic E-state index is 4.30. The Bertz CT molecular complexity index is 499. The van der Waals surface area contributed by atoms with Gasteiger partial charge < -0.3 is 5.32 Å². The fraction of sp³-hybridized carbons (Fsp3) is 0.615. The van der Waals surface area contributed by atoms with E-state index in [0.29, 0.717) is 5.92 Å². The van der Waals surface area contributed by atoms with Crippen LogP contribution in [0, 0.1) is 5.92 Å². The first kappa shape index (κ1) is 13.7. The minimum atomic E-state index is 0.644. The predicted octanol–water partition coefficient (Wildman–Crippen LogP) is 1.000. The average Bonchev–Trinajstić information content (AvgIpc) is 2.95. The molecular weight excluding hydrogens is 240 g/mol. The van der Waals surface area contributed by atoms with Gasteiger partial charge in [0.15, 0.2) is 0 Å². The number of hydrogen-bond donors (Lipinski definition) is 1. The molecule has 0 unspecified atom stereocenters. The lowest BCUT2D eigenvalue weighted by molar-refractivity contribution is 0.506. The quantitative estimate of drug-likeness (QED) is 0.808. The van der Waals surface area contributed by atoms with Gasteiger partial charge in [0.05, 0.1) is 6.54 Å². The van der Waals surface area contributed by atoms with Gasteiger partial charge in [-0.25, -0.2) is 9.67 Å². The number of hydrogen-bond acceptors (Lipinski definition) is 4. The van der Waals surface area contributed by atoms with E-state index in [1.54, 1.807) is 6.33 Å². The smallest absolute Gasteiger partial charge is 0.140 e. The summed E-state index contributed by atoms with van der Waals surface area (Å²) >= 11 is 0. The van der Waals surface area contributed by atoms with Crippen molar-refractivity contribution in [2.45, 2.75) is 33.4 Å². The third kappa shape index (κ3) is 3.89. The SMILES string of the molecule is CC(C)CNCc1ncnn1CCc1ccnn1C. The Labute approximate surface area is 113 Å². The Morgan fingerprint density at radius 3 is 2.84 bits per heavy atom. The molecule has 0 aromatic carbocycles. The van der Waals surface area contributed by atoms with Crippen LogP contribution in [0.3, 0.4) is 0 Å². The first-order valence-electron chi connectivity index (χ1n) is 6.71. The monoisotopic (exact) mass is 262 g/mol. The van der Waals surface area contributed by atoms with E-state index in [4.69, 9.17) is 0 Å². The summed E-state index contributed by atoms with van der Waals surface area (Å²) < 4.78 is 3.86. The van der Waals surface area contributed by atoms with Gasteiger partial charge >= 0.3 is 0 Å². The summed E-state index contributed by atoms with van der Waals surface area (Å²) in [6.45, 7) is 6.98. The summed E-state index contributed by atoms with van der Waals surface area (Å²) in [6, 6.07) is 2.04. The van der Waals surface area contributed by atoms with Crippen molar-refractivity contribution in [3.8, 4) is 0 Å². The zero-order valence-corrected chi connectivity index (χ0v) is 11.9. The van der Waals surface area contributed by atoms with Crippen molar-refractivity contribution in [3.63, 3.8) is 0 Å². The number of aromatic nitrogens is 5. The van der Waals surface area contributed by atoms with Crippen LogP contribution in [-0.2, 0) is 26.6 Å². The topological polar surface area (TPSA) is 60.6 Å². The Hall–Kier alpha value is -1.69. The van der Waals surface area contributed by atoms with Crippen LogP contribution in [0.2, 0.25) is 0 Å². The van der Waals surface area contributed by atoms with Crippen LogP contribution in [0.4, 0.5) is 0 Å². The van der Waals surface area contributed by atoms with Crippen molar-refractivity contribution in [1.29, 1.82) is 0 Å². The summed E-state index contributed by atoms with van der Waals surface area (Å²) in [4.78, 5) is 4.30. The molecule has 2 aromatic heterocycles. The van der Waals surface area contributed by atoms with Gasteiger partial charge in [-0.15, -0.1) is 0 Å². The molecule has 0 bridgehead atoms. The van der Waals surface area contributed by atoms with E-state index in [2.05, 4.69) is 34.3 Å². The number of nitrogens with one attached hydrogen (secondary N) is 1. The van der Waals surface area contributed by atoms with Gasteiger partial charge in [0.25, 0.3) is 0 Å². The second-order valence-corrected chi connectivity index (χ2v) is 5.12. The molecule has 0 fully saturated rings. The van der Waals surface area contributed by atoms with Crippen LogP contribution >= 0.6 is 0 Å². The molecule has 0 radical (unpaired) electrons. The number of aryl methyl sites for hydroxylation is 3. The summed E-state index contributed by atoms with van der Waals surface area (Å²) in [7, 11) is 1.96. The lowest BCUT2D eigenvalue weighted by Crippen LogP contribution is -2.22. The number of rotatable bonds is 7. The number of nitrogens with zero attached hydrogens (tertiary/aromatic N) is 5. The third-order valence-electron chi connectivity index (χ3n) is 3.03. The van der Waals surface area contributed by atoms with E-state index >= 15 is 0 Å². The molecule has 0 saturated carbocycles. The van der Waals surface area contributed by atoms with Crippen LogP contribution in [-0.4, -0.2) is 31.1 Å². The minimum absolute atomic E-state index is 0.644. The lowest BCUT2D eigenvalue weighted by atomic mass is 10.2. The largest absolute Gasteiger partial charge is 0.310 e. The fourth-order valence-corrected chi connectivity index (χ4v) is 1.95. The molecule has 0 aliphatic heterocycles. The van der Waals surface area contributed by atoms with Crippen LogP contribution in [0.5, 0.6) is 0 Å². The second-order valence-electron chi connectivity index (χ2n) is 5.12. The van der Waals surface area contributed by atoms with Crippen LogP contribution < -0.4 is 5.32 Å². The summed E-state index contributed by atoms with van der Waals surface area (Å²) in [6.07, 6.45) is 4.36. The molecule has 0 atom stereocenters. The van der Waals surface area contributed by atoms with E-state index in [9.17, 15) is 0 Å². The summed E-state index contributed by atoms with van der Waals surface area (Å²) in [5.41, 5.74) is 1.21. The molecule has 0 aliphatic rings. The molecule has 2 aromatic rings. The normalized spacial score (nSPS) is 11.4. The Morgan fingerprint density at radius 1 is 1.32 bits per heavy atom. The molecular formula is C13H22N6. The fourth-order valence-electron chi connectivity index (χ4n) is 1.95. The van der Waals surface area contributed by atoms with Crippen molar-refractivity contribution < 1.29 is 0 Å². The molecule has 2 heterocycles. The van der Waals surface area contributed by atoms with Crippen LogP contribution in [0.25, 0.3) is 0 Å². The Balaban J connectivity index is 1.87. The van der Waals surface area contributed by atoms with E-state index in [0.717, 1.165) is 31.9 Å². The third-order valence-corrected chi connectivity index (χ3v) is 3.03. The van der Waals surface area contributed by atoms with Crippen LogP contribution in [0.1, 0.15) is 25.4 Å². The highest BCUT2D eigenvalue weighted by atomic mass is 15.3. The molecule has 6 heteroatoms. The van der Waals surface area contributed by atoms with Crippen molar-refractivity contribution in [3.05, 3.63) is 30.1 Å². The van der Waals surface area contributed by atoms with Gasteiger partial charge in [0.2, 0.25) is 0 Å². The Kier molecular flexibility index (Phi) is 4.68. The van der Waals surface area contributed by atoms with E-state index in [1.165, 1.54) is 5.69 Å². The van der Waals surface area contributed by atoms with Gasteiger partial charge in [-0.05, 0) is 18.5 Å². The highest BCUT2D eigenvalue weighted by Gasteiger charge is 2.06. The standard InChI is InChI=1S/C13H22N6/c1-11(2)8-14-9-13-15-10-17-19(13)7-5-12-4-6-16-18(12)3/h4,6,10-11,14H,5,7-9H2,1-3H3. The molecule has 6 nitrogen and oxygen atoms in total. The first-order chi connectivity index (χ1) is 9.16. The second kappa shape index (κ2) is 6.47. The average molecular weight is 262 g/mol. The molecule has 0 saturated heterocycles. The Morgan fingerprint density at radius 2 is 2.16 bits per heavy atom. The zero-order valence-electron chi connectivity index (χ0n) is 11.9. The minimum Gasteiger partial charge on any atom is -0.310 e. The highest BCUT2D eigenvalue weighted by Crippen LogP contribution is 2.02. The molecule has 1 N–H and O–H groups in total. The van der Waals surface area contributed by atoms with Gasteiger partial charge in [0.1, 0.15) is 12.2 Å². The van der Waals surface area contributed by atoms with Gasteiger partial charge in [0, 0.05) is 31.9 Å². The van der Waals surface area contributed by atoms with Crippen molar-refractivity contribution in [2.24, 2.45) is 13.0 Å². The summed E-state index contributed by atoms with van der Waals surface area (Å²) in [5, 5.41) is 11.8. The zero-order chi connectivity index (χ0) is 13.7. The molecule has 104 valence electrons. The maximum Gasteiger partial charge on any atom is 0.140 e. The molecule has 0 amide bonds. The van der Waals surface area contributed by atoms with Crippen molar-refractivity contribution in [2.75, 3.05) is 6.54 Å².